The predicted molar refractivity (Wildman–Crippen MR) is 74.2 cm³/mol. The highest BCUT2D eigenvalue weighted by Gasteiger charge is 2.30. The summed E-state index contributed by atoms with van der Waals surface area (Å²) >= 11 is 0. The summed E-state index contributed by atoms with van der Waals surface area (Å²) in [5.74, 6) is 0.503. The van der Waals surface area contributed by atoms with Crippen LogP contribution in [-0.4, -0.2) is 35.3 Å². The fourth-order valence-corrected chi connectivity index (χ4v) is 2.59. The minimum atomic E-state index is -0.971. The fraction of sp³-hybridized carbons (Fsp3) is 0.538. The molecule has 4 N–H and O–H groups in total. The third-order valence-electron chi connectivity index (χ3n) is 3.65. The standard InChI is InChI=1S/C13H20N4O2/c1-2-9-5-10(7-16-6-9)17(13(18)19)12-3-4-15-8-11(12)14/h3-4,8-10,16H,2,5-7,14H2,1H3,(H,18,19). The zero-order valence-corrected chi connectivity index (χ0v) is 11.0. The van der Waals surface area contributed by atoms with Crippen molar-refractivity contribution in [1.82, 2.24) is 10.3 Å². The second-order valence-electron chi connectivity index (χ2n) is 4.91. The molecule has 0 aromatic carbocycles. The van der Waals surface area contributed by atoms with Crippen LogP contribution < -0.4 is 16.0 Å². The van der Waals surface area contributed by atoms with Crippen molar-refractivity contribution in [2.45, 2.75) is 25.8 Å². The normalized spacial score (nSPS) is 23.0. The van der Waals surface area contributed by atoms with E-state index in [2.05, 4.69) is 17.2 Å². The minimum Gasteiger partial charge on any atom is -0.465 e. The van der Waals surface area contributed by atoms with Gasteiger partial charge in [0.15, 0.2) is 0 Å². The van der Waals surface area contributed by atoms with E-state index in [9.17, 15) is 9.90 Å². The zero-order chi connectivity index (χ0) is 13.8. The molecule has 1 aromatic heterocycles. The van der Waals surface area contributed by atoms with E-state index in [0.717, 1.165) is 19.4 Å². The third kappa shape index (κ3) is 2.96. The Labute approximate surface area is 112 Å². The molecule has 2 rings (SSSR count). The zero-order valence-electron chi connectivity index (χ0n) is 11.0. The van der Waals surface area contributed by atoms with Gasteiger partial charge in [-0.25, -0.2) is 4.79 Å². The first-order valence-corrected chi connectivity index (χ1v) is 6.55. The summed E-state index contributed by atoms with van der Waals surface area (Å²) in [7, 11) is 0. The van der Waals surface area contributed by atoms with Gasteiger partial charge in [0.25, 0.3) is 0 Å². The third-order valence-corrected chi connectivity index (χ3v) is 3.65. The number of amides is 1. The molecule has 2 heterocycles. The van der Waals surface area contributed by atoms with E-state index in [0.29, 0.717) is 23.8 Å². The van der Waals surface area contributed by atoms with Gasteiger partial charge < -0.3 is 16.2 Å². The first-order valence-electron chi connectivity index (χ1n) is 6.55. The van der Waals surface area contributed by atoms with Crippen molar-refractivity contribution in [3.63, 3.8) is 0 Å². The minimum absolute atomic E-state index is 0.0825. The summed E-state index contributed by atoms with van der Waals surface area (Å²) in [5.41, 5.74) is 6.76. The monoisotopic (exact) mass is 264 g/mol. The summed E-state index contributed by atoms with van der Waals surface area (Å²) in [4.78, 5) is 16.8. The molecule has 2 unspecified atom stereocenters. The second-order valence-corrected chi connectivity index (χ2v) is 4.91. The molecule has 6 heteroatoms. The number of piperidine rings is 1. The van der Waals surface area contributed by atoms with Crippen molar-refractivity contribution in [3.8, 4) is 0 Å². The lowest BCUT2D eigenvalue weighted by Crippen LogP contribution is -2.51. The van der Waals surface area contributed by atoms with Gasteiger partial charge in [-0.05, 0) is 24.9 Å². The molecule has 2 atom stereocenters. The van der Waals surface area contributed by atoms with Crippen LogP contribution in [0.3, 0.4) is 0 Å². The van der Waals surface area contributed by atoms with Crippen LogP contribution >= 0.6 is 0 Å². The number of hydrogen-bond donors (Lipinski definition) is 3. The van der Waals surface area contributed by atoms with Crippen molar-refractivity contribution in [2.75, 3.05) is 23.7 Å². The van der Waals surface area contributed by atoms with Crippen LogP contribution in [0, 0.1) is 5.92 Å². The number of anilines is 2. The molecule has 1 fully saturated rings. The van der Waals surface area contributed by atoms with Gasteiger partial charge in [-0.15, -0.1) is 0 Å². The van der Waals surface area contributed by atoms with Crippen molar-refractivity contribution in [3.05, 3.63) is 18.5 Å². The molecule has 0 spiro atoms. The van der Waals surface area contributed by atoms with Gasteiger partial charge in [-0.1, -0.05) is 13.3 Å². The summed E-state index contributed by atoms with van der Waals surface area (Å²) in [5, 5.41) is 12.8. The van der Waals surface area contributed by atoms with Gasteiger partial charge >= 0.3 is 6.09 Å². The highest BCUT2D eigenvalue weighted by atomic mass is 16.4. The number of carboxylic acid groups (broad SMARTS) is 1. The Morgan fingerprint density at radius 2 is 2.42 bits per heavy atom. The Kier molecular flexibility index (Phi) is 4.21. The largest absolute Gasteiger partial charge is 0.465 e. The van der Waals surface area contributed by atoms with E-state index in [1.54, 1.807) is 12.3 Å². The molecule has 104 valence electrons. The maximum absolute atomic E-state index is 11.6. The summed E-state index contributed by atoms with van der Waals surface area (Å²) < 4.78 is 0. The van der Waals surface area contributed by atoms with Crippen LogP contribution in [0.25, 0.3) is 0 Å². The number of nitrogen functional groups attached to an aromatic ring is 1. The molecule has 1 aromatic rings. The van der Waals surface area contributed by atoms with Crippen LogP contribution in [0.5, 0.6) is 0 Å². The quantitative estimate of drug-likeness (QED) is 0.770. The Hall–Kier alpha value is -1.82. The van der Waals surface area contributed by atoms with Crippen LogP contribution in [0.2, 0.25) is 0 Å². The number of hydrogen-bond acceptors (Lipinski definition) is 4. The smallest absolute Gasteiger partial charge is 0.412 e. The number of rotatable bonds is 3. The average molecular weight is 264 g/mol. The van der Waals surface area contributed by atoms with Gasteiger partial charge in [-0.2, -0.15) is 0 Å². The number of nitrogens with two attached hydrogens (primary N) is 1. The van der Waals surface area contributed by atoms with E-state index in [1.165, 1.54) is 11.1 Å². The van der Waals surface area contributed by atoms with Crippen LogP contribution in [0.15, 0.2) is 18.5 Å². The first kappa shape index (κ1) is 13.6. The molecular formula is C13H20N4O2. The highest BCUT2D eigenvalue weighted by molar-refractivity contribution is 5.90. The lowest BCUT2D eigenvalue weighted by molar-refractivity contribution is 0.194. The lowest BCUT2D eigenvalue weighted by atomic mass is 9.92. The van der Waals surface area contributed by atoms with Gasteiger partial charge in [0.05, 0.1) is 23.6 Å². The van der Waals surface area contributed by atoms with Crippen LogP contribution in [0.4, 0.5) is 16.2 Å². The number of nitrogens with zero attached hydrogens (tertiary/aromatic N) is 2. The van der Waals surface area contributed by atoms with Crippen molar-refractivity contribution >= 4 is 17.5 Å². The average Bonchev–Trinajstić information content (AvgIpc) is 2.41. The lowest BCUT2D eigenvalue weighted by Gasteiger charge is -2.36. The maximum atomic E-state index is 11.6. The van der Waals surface area contributed by atoms with E-state index >= 15 is 0 Å². The van der Waals surface area contributed by atoms with Crippen LogP contribution in [0.1, 0.15) is 19.8 Å². The summed E-state index contributed by atoms with van der Waals surface area (Å²) in [6.07, 6.45) is 3.98. The number of aromatic nitrogens is 1. The number of pyridine rings is 1. The molecule has 6 nitrogen and oxygen atoms in total. The molecule has 1 saturated heterocycles. The molecule has 0 bridgehead atoms. The molecule has 0 aliphatic carbocycles. The van der Waals surface area contributed by atoms with Crippen molar-refractivity contribution < 1.29 is 9.90 Å². The van der Waals surface area contributed by atoms with Crippen LogP contribution in [-0.2, 0) is 0 Å². The van der Waals surface area contributed by atoms with Gasteiger partial charge in [0.2, 0.25) is 0 Å². The van der Waals surface area contributed by atoms with Gasteiger partial charge in [0, 0.05) is 12.7 Å². The molecule has 1 amide bonds. The topological polar surface area (TPSA) is 91.5 Å². The first-order chi connectivity index (χ1) is 9.13. The molecule has 1 aliphatic heterocycles. The second kappa shape index (κ2) is 5.88. The Bertz CT molecular complexity index is 452. The van der Waals surface area contributed by atoms with Crippen molar-refractivity contribution in [2.24, 2.45) is 5.92 Å². The summed E-state index contributed by atoms with van der Waals surface area (Å²) in [6.45, 7) is 3.73. The molecule has 0 radical (unpaired) electrons. The number of nitrogens with one attached hydrogen (secondary N) is 1. The highest BCUT2D eigenvalue weighted by Crippen LogP contribution is 2.28. The predicted octanol–water partition coefficient (Wildman–Crippen LogP) is 1.54. The van der Waals surface area contributed by atoms with Gasteiger partial charge in [0.1, 0.15) is 0 Å². The van der Waals surface area contributed by atoms with E-state index in [-0.39, 0.29) is 6.04 Å². The van der Waals surface area contributed by atoms with E-state index < -0.39 is 6.09 Å². The Balaban J connectivity index is 2.26. The Morgan fingerprint density at radius 1 is 1.63 bits per heavy atom. The maximum Gasteiger partial charge on any atom is 0.412 e. The molecule has 0 saturated carbocycles. The van der Waals surface area contributed by atoms with Gasteiger partial charge in [-0.3, -0.25) is 9.88 Å². The molecular weight excluding hydrogens is 244 g/mol. The number of carbonyl (C=O) groups is 1. The molecule has 19 heavy (non-hydrogen) atoms. The van der Waals surface area contributed by atoms with Crippen molar-refractivity contribution in [1.29, 1.82) is 0 Å². The Morgan fingerprint density at radius 3 is 3.05 bits per heavy atom. The summed E-state index contributed by atoms with van der Waals surface area (Å²) in [6, 6.07) is 1.57. The SMILES string of the molecule is CCC1CNCC(N(C(=O)O)c2ccncc2N)C1. The fourth-order valence-electron chi connectivity index (χ4n) is 2.59. The van der Waals surface area contributed by atoms with E-state index in [1.807, 2.05) is 0 Å². The molecule has 1 aliphatic rings. The van der Waals surface area contributed by atoms with E-state index in [4.69, 9.17) is 5.73 Å².